The number of carbonyl (C=O) groups excluding carboxylic acids is 2. The molecule has 2 aliphatic heterocycles. The highest BCUT2D eigenvalue weighted by atomic mass is 16.6. The van der Waals surface area contributed by atoms with Crippen molar-refractivity contribution in [1.82, 2.24) is 16.1 Å². The Morgan fingerprint density at radius 2 is 2.00 bits per heavy atom. The lowest BCUT2D eigenvalue weighted by atomic mass is 9.88. The van der Waals surface area contributed by atoms with Gasteiger partial charge in [0.15, 0.2) is 0 Å². The van der Waals surface area contributed by atoms with E-state index in [4.69, 9.17) is 9.47 Å². The van der Waals surface area contributed by atoms with Gasteiger partial charge in [-0.15, -0.1) is 0 Å². The number of hydrogen-bond donors (Lipinski definition) is 3. The average Bonchev–Trinajstić information content (AvgIpc) is 3.20. The van der Waals surface area contributed by atoms with Crippen molar-refractivity contribution >= 4 is 24.3 Å². The van der Waals surface area contributed by atoms with Crippen molar-refractivity contribution in [2.75, 3.05) is 0 Å². The Morgan fingerprint density at radius 3 is 2.80 bits per heavy atom. The molecular weight excluding hydrogens is 444 g/mol. The fraction of sp³-hybridized carbons (Fsp3) is 0.370. The second kappa shape index (κ2) is 10.2. The van der Waals surface area contributed by atoms with Gasteiger partial charge in [0.2, 0.25) is 0 Å². The molecule has 0 spiro atoms. The molecular formula is C27H32N4O4. The number of ether oxygens (including phenoxy) is 2. The van der Waals surface area contributed by atoms with Gasteiger partial charge < -0.3 is 20.1 Å². The molecule has 184 valence electrons. The molecule has 0 radical (unpaired) electrons. The standard InChI is InChI=1S/C27H32N4O4/c1-17-19(13-18-9-5-8-12-24(18)34-17)16-29-31-25(32)23(30-26(33)35-27(2,3)4)14-20-15-28-22-11-7-6-10-21(20)22/h5-13,15-17,21-23,28H,14H2,1-4H3,(H,30,33)(H,31,32)/t17?,21?,22?,23-/m1/s1. The van der Waals surface area contributed by atoms with Gasteiger partial charge in [0.05, 0.1) is 12.3 Å². The lowest BCUT2D eigenvalue weighted by molar-refractivity contribution is -0.123. The quantitative estimate of drug-likeness (QED) is 0.428. The molecule has 0 bridgehead atoms. The number of benzene rings is 1. The first kappa shape index (κ1) is 24.3. The minimum Gasteiger partial charge on any atom is -0.485 e. The van der Waals surface area contributed by atoms with Crippen LogP contribution in [0, 0.1) is 5.92 Å². The molecule has 2 amide bonds. The van der Waals surface area contributed by atoms with Gasteiger partial charge in [0, 0.05) is 23.5 Å². The summed E-state index contributed by atoms with van der Waals surface area (Å²) in [7, 11) is 0. The molecule has 1 aliphatic carbocycles. The SMILES string of the molecule is CC1Oc2ccccc2C=C1C=NNC(=O)[C@@H](CC1=CNC2C=CC=CC12)NC(=O)OC(C)(C)C. The molecule has 0 aromatic heterocycles. The Bertz CT molecular complexity index is 1130. The van der Waals surface area contributed by atoms with Crippen LogP contribution in [0.1, 0.15) is 39.7 Å². The maximum Gasteiger partial charge on any atom is 0.408 e. The van der Waals surface area contributed by atoms with Gasteiger partial charge in [0.25, 0.3) is 5.91 Å². The van der Waals surface area contributed by atoms with Gasteiger partial charge in [-0.05, 0) is 51.6 Å². The molecule has 0 saturated carbocycles. The Labute approximate surface area is 205 Å². The van der Waals surface area contributed by atoms with Crippen LogP contribution in [0.3, 0.4) is 0 Å². The zero-order chi connectivity index (χ0) is 25.0. The highest BCUT2D eigenvalue weighted by molar-refractivity contribution is 5.91. The molecule has 8 heteroatoms. The van der Waals surface area contributed by atoms with Crippen molar-refractivity contribution in [3.05, 3.63) is 71.5 Å². The smallest absolute Gasteiger partial charge is 0.408 e. The van der Waals surface area contributed by atoms with E-state index in [1.54, 1.807) is 27.0 Å². The molecule has 4 atom stereocenters. The summed E-state index contributed by atoms with van der Waals surface area (Å²) in [5, 5.41) is 10.2. The first-order valence-electron chi connectivity index (χ1n) is 11.8. The highest BCUT2D eigenvalue weighted by Gasteiger charge is 2.32. The third-order valence-electron chi connectivity index (χ3n) is 5.87. The molecule has 3 aliphatic rings. The Hall–Kier alpha value is -3.81. The number of alkyl carbamates (subject to hydrolysis) is 1. The molecule has 35 heavy (non-hydrogen) atoms. The minimum atomic E-state index is -0.858. The van der Waals surface area contributed by atoms with Gasteiger partial charge in [-0.25, -0.2) is 10.2 Å². The topological polar surface area (TPSA) is 101 Å². The average molecular weight is 477 g/mol. The molecule has 2 heterocycles. The number of hydrazone groups is 1. The van der Waals surface area contributed by atoms with Crippen molar-refractivity contribution in [1.29, 1.82) is 0 Å². The number of rotatable bonds is 6. The zero-order valence-corrected chi connectivity index (χ0v) is 20.4. The molecule has 1 aromatic carbocycles. The summed E-state index contributed by atoms with van der Waals surface area (Å²) in [5.74, 6) is 0.507. The maximum atomic E-state index is 13.1. The van der Waals surface area contributed by atoms with E-state index in [1.807, 2.05) is 55.6 Å². The van der Waals surface area contributed by atoms with Crippen molar-refractivity contribution in [3.8, 4) is 5.75 Å². The number of allylic oxidation sites excluding steroid dienone is 2. The van der Waals surface area contributed by atoms with Crippen LogP contribution in [0.25, 0.3) is 6.08 Å². The van der Waals surface area contributed by atoms with Gasteiger partial charge in [-0.2, -0.15) is 5.10 Å². The lowest BCUT2D eigenvalue weighted by Gasteiger charge is -2.25. The van der Waals surface area contributed by atoms with Gasteiger partial charge >= 0.3 is 6.09 Å². The summed E-state index contributed by atoms with van der Waals surface area (Å²) in [4.78, 5) is 25.6. The number of para-hydroxylation sites is 1. The third-order valence-corrected chi connectivity index (χ3v) is 5.87. The van der Waals surface area contributed by atoms with Crippen LogP contribution < -0.4 is 20.8 Å². The van der Waals surface area contributed by atoms with Crippen molar-refractivity contribution < 1.29 is 19.1 Å². The van der Waals surface area contributed by atoms with Crippen molar-refractivity contribution in [2.45, 2.75) is 57.9 Å². The summed E-state index contributed by atoms with van der Waals surface area (Å²) in [6.45, 7) is 7.25. The molecule has 0 fully saturated rings. The fourth-order valence-corrected chi connectivity index (χ4v) is 4.16. The zero-order valence-electron chi connectivity index (χ0n) is 20.4. The van der Waals surface area contributed by atoms with E-state index < -0.39 is 23.6 Å². The first-order valence-corrected chi connectivity index (χ1v) is 11.8. The van der Waals surface area contributed by atoms with Crippen LogP contribution in [0.5, 0.6) is 5.75 Å². The third kappa shape index (κ3) is 6.20. The van der Waals surface area contributed by atoms with Crippen molar-refractivity contribution in [2.24, 2.45) is 11.0 Å². The predicted octanol–water partition coefficient (Wildman–Crippen LogP) is 3.83. The van der Waals surface area contributed by atoms with E-state index in [2.05, 4.69) is 33.3 Å². The van der Waals surface area contributed by atoms with Crippen LogP contribution >= 0.6 is 0 Å². The minimum absolute atomic E-state index is 0.129. The van der Waals surface area contributed by atoms with Crippen molar-refractivity contribution in [3.63, 3.8) is 0 Å². The van der Waals surface area contributed by atoms with Crippen LogP contribution in [-0.2, 0) is 9.53 Å². The van der Waals surface area contributed by atoms with Gasteiger partial charge in [-0.3, -0.25) is 4.79 Å². The Kier molecular flexibility index (Phi) is 7.10. The van der Waals surface area contributed by atoms with Gasteiger partial charge in [0.1, 0.15) is 23.5 Å². The van der Waals surface area contributed by atoms with Crippen LogP contribution in [0.2, 0.25) is 0 Å². The molecule has 0 saturated heterocycles. The summed E-state index contributed by atoms with van der Waals surface area (Å²) in [6, 6.07) is 7.03. The number of nitrogens with one attached hydrogen (secondary N) is 3. The number of hydrogen-bond acceptors (Lipinski definition) is 6. The summed E-state index contributed by atoms with van der Waals surface area (Å²) in [6.07, 6.45) is 13.1. The molecule has 8 nitrogen and oxygen atoms in total. The van der Waals surface area contributed by atoms with Crippen LogP contribution in [-0.4, -0.2) is 42.0 Å². The van der Waals surface area contributed by atoms with E-state index in [1.165, 1.54) is 0 Å². The lowest BCUT2D eigenvalue weighted by Crippen LogP contribution is -2.47. The number of fused-ring (bicyclic) bond motifs is 2. The Balaban J connectivity index is 1.44. The van der Waals surface area contributed by atoms with Crippen LogP contribution in [0.15, 0.2) is 71.0 Å². The molecule has 4 rings (SSSR count). The summed E-state index contributed by atoms with van der Waals surface area (Å²) in [5.41, 5.74) is 4.69. The van der Waals surface area contributed by atoms with E-state index in [0.717, 1.165) is 22.5 Å². The predicted molar refractivity (Wildman–Crippen MR) is 136 cm³/mol. The molecule has 1 aromatic rings. The van der Waals surface area contributed by atoms with E-state index in [0.29, 0.717) is 6.42 Å². The normalized spacial score (nSPS) is 23.3. The Morgan fingerprint density at radius 1 is 1.23 bits per heavy atom. The monoisotopic (exact) mass is 476 g/mol. The molecule has 3 unspecified atom stereocenters. The maximum absolute atomic E-state index is 13.1. The van der Waals surface area contributed by atoms with E-state index >= 15 is 0 Å². The van der Waals surface area contributed by atoms with Gasteiger partial charge in [-0.1, -0.05) is 42.5 Å². The second-order valence-electron chi connectivity index (χ2n) is 9.79. The number of carbonyl (C=O) groups is 2. The number of nitrogens with zero attached hydrogens (tertiary/aromatic N) is 1. The first-order chi connectivity index (χ1) is 16.7. The summed E-state index contributed by atoms with van der Waals surface area (Å²) >= 11 is 0. The molecule has 3 N–H and O–H groups in total. The van der Waals surface area contributed by atoms with E-state index in [9.17, 15) is 9.59 Å². The van der Waals surface area contributed by atoms with E-state index in [-0.39, 0.29) is 18.1 Å². The highest BCUT2D eigenvalue weighted by Crippen LogP contribution is 2.30. The second-order valence-corrected chi connectivity index (χ2v) is 9.79. The fourth-order valence-electron chi connectivity index (χ4n) is 4.16. The summed E-state index contributed by atoms with van der Waals surface area (Å²) < 4.78 is 11.3. The largest absolute Gasteiger partial charge is 0.485 e. The number of amides is 2. The van der Waals surface area contributed by atoms with Crippen LogP contribution in [0.4, 0.5) is 4.79 Å².